The number of hydrogen-bond acceptors (Lipinski definition) is 3. The van der Waals surface area contributed by atoms with Gasteiger partial charge in [-0.1, -0.05) is 11.6 Å². The highest BCUT2D eigenvalue weighted by atomic mass is 35.5. The molecule has 2 heterocycles. The maximum atomic E-state index is 13.7. The van der Waals surface area contributed by atoms with Gasteiger partial charge < -0.3 is 10.6 Å². The minimum atomic E-state index is -4.49. The lowest BCUT2D eigenvalue weighted by atomic mass is 9.96. The lowest BCUT2D eigenvalue weighted by Gasteiger charge is -2.25. The van der Waals surface area contributed by atoms with Crippen molar-refractivity contribution in [3.63, 3.8) is 0 Å². The molecule has 0 atom stereocenters. The lowest BCUT2D eigenvalue weighted by Crippen LogP contribution is -2.40. The van der Waals surface area contributed by atoms with Crippen LogP contribution in [0, 0.1) is 5.82 Å². The van der Waals surface area contributed by atoms with E-state index >= 15 is 0 Å². The third-order valence-corrected chi connectivity index (χ3v) is 4.15. The fourth-order valence-corrected chi connectivity index (χ4v) is 2.77. The van der Waals surface area contributed by atoms with Gasteiger partial charge in [-0.25, -0.2) is 4.39 Å². The number of carbonyl (C=O) groups is 1. The molecule has 130 valence electrons. The van der Waals surface area contributed by atoms with Gasteiger partial charge in [-0.2, -0.15) is 18.3 Å². The van der Waals surface area contributed by atoms with Crippen molar-refractivity contribution in [1.82, 2.24) is 20.4 Å². The Balaban J connectivity index is 1.91. The van der Waals surface area contributed by atoms with Crippen LogP contribution in [0.5, 0.6) is 0 Å². The molecule has 0 bridgehead atoms. The van der Waals surface area contributed by atoms with Gasteiger partial charge >= 0.3 is 6.18 Å². The van der Waals surface area contributed by atoms with Crippen molar-refractivity contribution in [1.29, 1.82) is 0 Å². The molecule has 1 aliphatic rings. The standard InChI is InChI=1S/C14H13ClF4N4O/c15-12-8(16)1-2-9-11(12)13(7-3-20-4-7)22-23(9)5-10(24)21-6-14(17,18)19/h1-2,7,20H,3-6H2,(H,21,24). The first-order valence-corrected chi connectivity index (χ1v) is 7.52. The molecule has 1 amide bonds. The molecule has 1 aromatic carbocycles. The van der Waals surface area contributed by atoms with Gasteiger partial charge in [0, 0.05) is 24.4 Å². The molecule has 1 saturated heterocycles. The molecule has 0 spiro atoms. The molecule has 1 fully saturated rings. The number of carbonyl (C=O) groups excluding carboxylic acids is 1. The van der Waals surface area contributed by atoms with E-state index in [1.165, 1.54) is 10.7 Å². The van der Waals surface area contributed by atoms with Crippen LogP contribution in [0.3, 0.4) is 0 Å². The molecular weight excluding hydrogens is 352 g/mol. The molecular formula is C14H13ClF4N4O. The van der Waals surface area contributed by atoms with E-state index in [0.29, 0.717) is 29.7 Å². The number of rotatable bonds is 4. The molecule has 24 heavy (non-hydrogen) atoms. The van der Waals surface area contributed by atoms with Crippen molar-refractivity contribution in [2.75, 3.05) is 19.6 Å². The zero-order valence-corrected chi connectivity index (χ0v) is 13.0. The first-order valence-electron chi connectivity index (χ1n) is 7.15. The van der Waals surface area contributed by atoms with Gasteiger partial charge in [0.25, 0.3) is 0 Å². The minimum absolute atomic E-state index is 0.0197. The topological polar surface area (TPSA) is 59.0 Å². The molecule has 3 rings (SSSR count). The molecule has 0 aliphatic carbocycles. The van der Waals surface area contributed by atoms with E-state index in [4.69, 9.17) is 11.6 Å². The normalized spacial score (nSPS) is 15.5. The van der Waals surface area contributed by atoms with Crippen LogP contribution in [0.1, 0.15) is 11.6 Å². The van der Waals surface area contributed by atoms with E-state index in [2.05, 4.69) is 10.4 Å². The molecule has 2 aromatic rings. The number of halogens is 5. The van der Waals surface area contributed by atoms with Gasteiger partial charge in [-0.15, -0.1) is 0 Å². The van der Waals surface area contributed by atoms with E-state index in [1.807, 2.05) is 0 Å². The Morgan fingerprint density at radius 3 is 2.71 bits per heavy atom. The summed E-state index contributed by atoms with van der Waals surface area (Å²) in [6, 6.07) is 2.55. The predicted molar refractivity (Wildman–Crippen MR) is 79.4 cm³/mol. The Labute approximate surface area is 138 Å². The SMILES string of the molecule is O=C(Cn1nc(C2CNC2)c2c(Cl)c(F)ccc21)NCC(F)(F)F. The van der Waals surface area contributed by atoms with Crippen molar-refractivity contribution >= 4 is 28.4 Å². The highest BCUT2D eigenvalue weighted by Gasteiger charge is 2.29. The number of amides is 1. The second-order valence-electron chi connectivity index (χ2n) is 5.55. The predicted octanol–water partition coefficient (Wildman–Crippen LogP) is 2.19. The molecule has 1 aliphatic heterocycles. The highest BCUT2D eigenvalue weighted by Crippen LogP contribution is 2.34. The van der Waals surface area contributed by atoms with E-state index in [-0.39, 0.29) is 10.9 Å². The summed E-state index contributed by atoms with van der Waals surface area (Å²) >= 11 is 6.03. The zero-order valence-electron chi connectivity index (χ0n) is 12.3. The van der Waals surface area contributed by atoms with Crippen molar-refractivity contribution in [2.45, 2.75) is 18.6 Å². The third-order valence-electron chi connectivity index (χ3n) is 3.78. The average Bonchev–Trinajstić information content (AvgIpc) is 2.77. The molecule has 0 radical (unpaired) electrons. The van der Waals surface area contributed by atoms with Crippen LogP contribution in [-0.2, 0) is 11.3 Å². The Morgan fingerprint density at radius 2 is 2.12 bits per heavy atom. The summed E-state index contributed by atoms with van der Waals surface area (Å²) < 4.78 is 51.5. The second-order valence-corrected chi connectivity index (χ2v) is 5.92. The summed E-state index contributed by atoms with van der Waals surface area (Å²) in [5.74, 6) is -1.43. The number of nitrogens with one attached hydrogen (secondary N) is 2. The minimum Gasteiger partial charge on any atom is -0.345 e. The summed E-state index contributed by atoms with van der Waals surface area (Å²) in [7, 11) is 0. The number of benzene rings is 1. The summed E-state index contributed by atoms with van der Waals surface area (Å²) in [6.07, 6.45) is -4.49. The Bertz CT molecular complexity index is 785. The Kier molecular flexibility index (Phi) is 4.39. The Hall–Kier alpha value is -1.87. The quantitative estimate of drug-likeness (QED) is 0.818. The van der Waals surface area contributed by atoms with E-state index in [1.54, 1.807) is 5.32 Å². The van der Waals surface area contributed by atoms with Crippen LogP contribution in [0.25, 0.3) is 10.9 Å². The molecule has 5 nitrogen and oxygen atoms in total. The summed E-state index contributed by atoms with van der Waals surface area (Å²) in [5, 5.41) is 9.41. The van der Waals surface area contributed by atoms with Gasteiger partial charge in [-0.05, 0) is 12.1 Å². The smallest absolute Gasteiger partial charge is 0.345 e. The third kappa shape index (κ3) is 3.32. The fourth-order valence-electron chi connectivity index (χ4n) is 2.51. The van der Waals surface area contributed by atoms with Gasteiger partial charge in [0.1, 0.15) is 18.9 Å². The number of nitrogens with zero attached hydrogens (tertiary/aromatic N) is 2. The van der Waals surface area contributed by atoms with E-state index in [0.717, 1.165) is 6.07 Å². The van der Waals surface area contributed by atoms with Crippen LogP contribution >= 0.6 is 11.6 Å². The van der Waals surface area contributed by atoms with E-state index in [9.17, 15) is 22.4 Å². The van der Waals surface area contributed by atoms with Crippen molar-refractivity contribution < 1.29 is 22.4 Å². The van der Waals surface area contributed by atoms with Gasteiger partial charge in [-0.3, -0.25) is 9.48 Å². The fraction of sp³-hybridized carbons (Fsp3) is 0.429. The lowest BCUT2D eigenvalue weighted by molar-refractivity contribution is -0.138. The van der Waals surface area contributed by atoms with Crippen LogP contribution in [-0.4, -0.2) is 41.5 Å². The summed E-state index contributed by atoms with van der Waals surface area (Å²) in [4.78, 5) is 11.7. The highest BCUT2D eigenvalue weighted by molar-refractivity contribution is 6.35. The van der Waals surface area contributed by atoms with E-state index < -0.39 is 31.0 Å². The second kappa shape index (κ2) is 6.21. The van der Waals surface area contributed by atoms with Crippen molar-refractivity contribution in [3.05, 3.63) is 28.7 Å². The largest absolute Gasteiger partial charge is 0.405 e. The number of aromatic nitrogens is 2. The molecule has 1 aromatic heterocycles. The molecule has 2 N–H and O–H groups in total. The number of fused-ring (bicyclic) bond motifs is 1. The number of hydrogen-bond donors (Lipinski definition) is 2. The van der Waals surface area contributed by atoms with Crippen LogP contribution < -0.4 is 10.6 Å². The maximum absolute atomic E-state index is 13.7. The Morgan fingerprint density at radius 1 is 1.42 bits per heavy atom. The monoisotopic (exact) mass is 364 g/mol. The molecule has 10 heteroatoms. The first kappa shape index (κ1) is 17.0. The van der Waals surface area contributed by atoms with Crippen molar-refractivity contribution in [3.8, 4) is 0 Å². The van der Waals surface area contributed by atoms with Gasteiger partial charge in [0.2, 0.25) is 5.91 Å². The summed E-state index contributed by atoms with van der Waals surface area (Å²) in [5.41, 5.74) is 0.947. The van der Waals surface area contributed by atoms with Crippen LogP contribution in [0.15, 0.2) is 12.1 Å². The van der Waals surface area contributed by atoms with Crippen LogP contribution in [0.4, 0.5) is 17.6 Å². The number of alkyl halides is 3. The molecule has 0 saturated carbocycles. The average molecular weight is 365 g/mol. The van der Waals surface area contributed by atoms with Crippen LogP contribution in [0.2, 0.25) is 5.02 Å². The maximum Gasteiger partial charge on any atom is 0.405 e. The van der Waals surface area contributed by atoms with Gasteiger partial charge in [0.15, 0.2) is 0 Å². The van der Waals surface area contributed by atoms with Gasteiger partial charge in [0.05, 0.1) is 16.2 Å². The molecule has 0 unspecified atom stereocenters. The zero-order chi connectivity index (χ0) is 17.5. The first-order chi connectivity index (χ1) is 11.3. The summed E-state index contributed by atoms with van der Waals surface area (Å²) in [6.45, 7) is -0.549. The van der Waals surface area contributed by atoms with Crippen molar-refractivity contribution in [2.24, 2.45) is 0 Å².